The van der Waals surface area contributed by atoms with Crippen molar-refractivity contribution >= 4 is 11.9 Å². The summed E-state index contributed by atoms with van der Waals surface area (Å²) in [7, 11) is 0. The molecule has 0 bridgehead atoms. The molecule has 1 aliphatic rings. The van der Waals surface area contributed by atoms with Crippen LogP contribution in [0.1, 0.15) is 31.4 Å². The van der Waals surface area contributed by atoms with Crippen LogP contribution in [0, 0.1) is 5.92 Å². The lowest BCUT2D eigenvalue weighted by atomic mass is 9.88. The summed E-state index contributed by atoms with van der Waals surface area (Å²) in [6, 6.07) is 8.82. The van der Waals surface area contributed by atoms with Crippen LogP contribution in [0.2, 0.25) is 0 Å². The van der Waals surface area contributed by atoms with E-state index in [1.807, 2.05) is 37.3 Å². The van der Waals surface area contributed by atoms with Gasteiger partial charge in [-0.2, -0.15) is 13.2 Å². The lowest BCUT2D eigenvalue weighted by Gasteiger charge is -2.38. The molecule has 0 spiro atoms. The molecule has 0 unspecified atom stereocenters. The molecular weight excluding hydrogens is 311 g/mol. The zero-order valence-corrected chi connectivity index (χ0v) is 12.7. The van der Waals surface area contributed by atoms with Gasteiger partial charge in [-0.15, -0.1) is 0 Å². The number of carbonyl (C=O) groups is 2. The summed E-state index contributed by atoms with van der Waals surface area (Å²) < 4.78 is 40.4. The Balaban J connectivity index is 2.11. The number of hydrogen-bond donors (Lipinski definition) is 0. The standard InChI is InChI=1S/C16H18F3NO3/c1-11-7-8-20(13(9-11)12-5-3-2-4-6-12)14(21)15(22)23-10-16(17,18)19/h2-6,11,13H,7-10H2,1H3/t11-,13+/m1/s1. The number of alkyl halides is 3. The molecule has 1 aromatic rings. The second kappa shape index (κ2) is 7.02. The minimum absolute atomic E-state index is 0.320. The van der Waals surface area contributed by atoms with Crippen LogP contribution in [0.4, 0.5) is 13.2 Å². The van der Waals surface area contributed by atoms with Gasteiger partial charge in [0.2, 0.25) is 0 Å². The molecule has 0 aromatic heterocycles. The molecule has 1 saturated heterocycles. The monoisotopic (exact) mass is 329 g/mol. The number of ether oxygens (including phenoxy) is 1. The van der Waals surface area contributed by atoms with Gasteiger partial charge in [0.05, 0.1) is 6.04 Å². The first-order valence-electron chi connectivity index (χ1n) is 7.37. The molecule has 0 saturated carbocycles. The van der Waals surface area contributed by atoms with Crippen molar-refractivity contribution in [1.82, 2.24) is 4.90 Å². The van der Waals surface area contributed by atoms with Crippen LogP contribution in [-0.4, -0.2) is 36.1 Å². The second-order valence-corrected chi connectivity index (χ2v) is 5.75. The smallest absolute Gasteiger partial charge is 0.422 e. The molecule has 23 heavy (non-hydrogen) atoms. The fourth-order valence-electron chi connectivity index (χ4n) is 2.70. The Morgan fingerprint density at radius 2 is 1.91 bits per heavy atom. The van der Waals surface area contributed by atoms with E-state index in [9.17, 15) is 22.8 Å². The molecule has 126 valence electrons. The van der Waals surface area contributed by atoms with Gasteiger partial charge in [0.1, 0.15) is 0 Å². The van der Waals surface area contributed by atoms with Crippen molar-refractivity contribution < 1.29 is 27.5 Å². The SMILES string of the molecule is C[C@@H]1CCN(C(=O)C(=O)OCC(F)(F)F)[C@H](c2ccccc2)C1. The molecule has 0 N–H and O–H groups in total. The number of esters is 1. The Kier molecular flexibility index (Phi) is 5.28. The topological polar surface area (TPSA) is 46.6 Å². The average molecular weight is 329 g/mol. The van der Waals surface area contributed by atoms with Crippen molar-refractivity contribution in [3.05, 3.63) is 35.9 Å². The minimum atomic E-state index is -4.65. The Morgan fingerprint density at radius 3 is 2.52 bits per heavy atom. The van der Waals surface area contributed by atoms with Crippen LogP contribution in [0.5, 0.6) is 0 Å². The van der Waals surface area contributed by atoms with Gasteiger partial charge in [0, 0.05) is 6.54 Å². The normalized spacial score (nSPS) is 21.8. The van der Waals surface area contributed by atoms with E-state index < -0.39 is 24.7 Å². The van der Waals surface area contributed by atoms with Gasteiger partial charge in [-0.25, -0.2) is 4.79 Å². The van der Waals surface area contributed by atoms with Gasteiger partial charge in [-0.3, -0.25) is 4.79 Å². The molecular formula is C16H18F3NO3. The third kappa shape index (κ3) is 4.71. The minimum Gasteiger partial charge on any atom is -0.449 e. The number of benzene rings is 1. The summed E-state index contributed by atoms with van der Waals surface area (Å²) >= 11 is 0. The quantitative estimate of drug-likeness (QED) is 0.619. The van der Waals surface area contributed by atoms with Gasteiger partial charge in [0.25, 0.3) is 0 Å². The van der Waals surface area contributed by atoms with E-state index in [4.69, 9.17) is 0 Å². The summed E-state index contributed by atoms with van der Waals surface area (Å²) in [6.07, 6.45) is -3.30. The molecule has 2 atom stereocenters. The third-order valence-electron chi connectivity index (χ3n) is 3.85. The van der Waals surface area contributed by atoms with Crippen LogP contribution in [0.3, 0.4) is 0 Å². The van der Waals surface area contributed by atoms with Crippen molar-refractivity contribution in [3.8, 4) is 0 Å². The van der Waals surface area contributed by atoms with Crippen LogP contribution >= 0.6 is 0 Å². The maximum atomic E-state index is 12.2. The second-order valence-electron chi connectivity index (χ2n) is 5.75. The number of carbonyl (C=O) groups excluding carboxylic acids is 2. The van der Waals surface area contributed by atoms with Gasteiger partial charge in [-0.1, -0.05) is 37.3 Å². The highest BCUT2D eigenvalue weighted by Gasteiger charge is 2.37. The maximum absolute atomic E-state index is 12.2. The largest absolute Gasteiger partial charge is 0.449 e. The number of amides is 1. The van der Waals surface area contributed by atoms with Gasteiger partial charge >= 0.3 is 18.1 Å². The van der Waals surface area contributed by atoms with Crippen LogP contribution < -0.4 is 0 Å². The lowest BCUT2D eigenvalue weighted by Crippen LogP contribution is -2.45. The number of hydrogen-bond acceptors (Lipinski definition) is 3. The lowest BCUT2D eigenvalue weighted by molar-refractivity contribution is -0.190. The fourth-order valence-corrected chi connectivity index (χ4v) is 2.70. The first-order valence-corrected chi connectivity index (χ1v) is 7.37. The molecule has 4 nitrogen and oxygen atoms in total. The number of rotatable bonds is 2. The van der Waals surface area contributed by atoms with E-state index in [0.29, 0.717) is 25.3 Å². The molecule has 0 radical (unpaired) electrons. The van der Waals surface area contributed by atoms with Crippen molar-refractivity contribution in [2.45, 2.75) is 32.0 Å². The molecule has 0 aliphatic carbocycles. The van der Waals surface area contributed by atoms with Crippen LogP contribution in [0.25, 0.3) is 0 Å². The van der Waals surface area contributed by atoms with Crippen LogP contribution in [-0.2, 0) is 14.3 Å². The summed E-state index contributed by atoms with van der Waals surface area (Å²) in [5.74, 6) is -2.12. The first kappa shape index (κ1) is 17.3. The maximum Gasteiger partial charge on any atom is 0.422 e. The third-order valence-corrected chi connectivity index (χ3v) is 3.85. The first-order chi connectivity index (χ1) is 10.8. The predicted molar refractivity (Wildman–Crippen MR) is 76.3 cm³/mol. The summed E-state index contributed by atoms with van der Waals surface area (Å²) in [5.41, 5.74) is 0.857. The highest BCUT2D eigenvalue weighted by atomic mass is 19.4. The predicted octanol–water partition coefficient (Wildman–Crippen LogP) is 3.09. The molecule has 1 heterocycles. The van der Waals surface area contributed by atoms with Gasteiger partial charge in [-0.05, 0) is 24.3 Å². The Hall–Kier alpha value is -2.05. The number of nitrogens with zero attached hydrogens (tertiary/aromatic N) is 1. The van der Waals surface area contributed by atoms with E-state index in [1.54, 1.807) is 0 Å². The molecule has 7 heteroatoms. The van der Waals surface area contributed by atoms with E-state index in [1.165, 1.54) is 4.90 Å². The van der Waals surface area contributed by atoms with Gasteiger partial charge in [0.15, 0.2) is 6.61 Å². The summed E-state index contributed by atoms with van der Waals surface area (Å²) in [4.78, 5) is 25.1. The number of likely N-dealkylation sites (tertiary alicyclic amines) is 1. The van der Waals surface area contributed by atoms with Crippen molar-refractivity contribution in [1.29, 1.82) is 0 Å². The summed E-state index contributed by atoms with van der Waals surface area (Å²) in [6.45, 7) is 0.609. The Labute approximate surface area is 132 Å². The van der Waals surface area contributed by atoms with E-state index >= 15 is 0 Å². The molecule has 1 aromatic carbocycles. The van der Waals surface area contributed by atoms with E-state index in [0.717, 1.165) is 5.56 Å². The van der Waals surface area contributed by atoms with Crippen molar-refractivity contribution in [3.63, 3.8) is 0 Å². The zero-order chi connectivity index (χ0) is 17.0. The zero-order valence-electron chi connectivity index (χ0n) is 12.7. The molecule has 1 amide bonds. The highest BCUT2D eigenvalue weighted by Crippen LogP contribution is 2.34. The molecule has 2 rings (SSSR count). The fraction of sp³-hybridized carbons (Fsp3) is 0.500. The van der Waals surface area contributed by atoms with E-state index in [2.05, 4.69) is 4.74 Å². The Bertz CT molecular complexity index is 559. The van der Waals surface area contributed by atoms with Crippen molar-refractivity contribution in [2.24, 2.45) is 5.92 Å². The number of piperidine rings is 1. The summed E-state index contributed by atoms with van der Waals surface area (Å²) in [5, 5.41) is 0. The number of halogens is 3. The Morgan fingerprint density at radius 1 is 1.26 bits per heavy atom. The van der Waals surface area contributed by atoms with E-state index in [-0.39, 0.29) is 6.04 Å². The van der Waals surface area contributed by atoms with Crippen molar-refractivity contribution in [2.75, 3.05) is 13.2 Å². The average Bonchev–Trinajstić information content (AvgIpc) is 2.52. The molecule has 1 fully saturated rings. The van der Waals surface area contributed by atoms with Crippen LogP contribution in [0.15, 0.2) is 30.3 Å². The van der Waals surface area contributed by atoms with Gasteiger partial charge < -0.3 is 9.64 Å². The highest BCUT2D eigenvalue weighted by molar-refractivity contribution is 6.32. The molecule has 1 aliphatic heterocycles.